The molecule has 0 saturated carbocycles. The molecule has 0 fully saturated rings. The van der Waals surface area contributed by atoms with Gasteiger partial charge in [-0.15, -0.1) is 0 Å². The van der Waals surface area contributed by atoms with Gasteiger partial charge in [-0.25, -0.2) is 0 Å². The molecule has 104 valence electrons. The van der Waals surface area contributed by atoms with Crippen molar-refractivity contribution in [2.24, 2.45) is 0 Å². The van der Waals surface area contributed by atoms with Crippen LogP contribution in [0.5, 0.6) is 0 Å². The number of hydrogen-bond acceptors (Lipinski definition) is 2. The van der Waals surface area contributed by atoms with Gasteiger partial charge in [-0.2, -0.15) is 0 Å². The van der Waals surface area contributed by atoms with Gasteiger partial charge in [0.15, 0.2) is 0 Å². The molecule has 0 radical (unpaired) electrons. The lowest BCUT2D eigenvalue weighted by atomic mass is 10.1. The smallest absolute Gasteiger partial charge is 0.0433 e. The summed E-state index contributed by atoms with van der Waals surface area (Å²) in [7, 11) is 0. The third-order valence-electron chi connectivity index (χ3n) is 3.46. The molecule has 2 aromatic carbocycles. The normalized spacial score (nSPS) is 10.3. The number of aromatic nitrogens is 1. The van der Waals surface area contributed by atoms with Crippen molar-refractivity contribution < 1.29 is 0 Å². The molecular formula is C19H18N2. The van der Waals surface area contributed by atoms with Gasteiger partial charge in [0.25, 0.3) is 0 Å². The second kappa shape index (κ2) is 6.71. The molecule has 0 amide bonds. The van der Waals surface area contributed by atoms with Crippen LogP contribution in [0.25, 0.3) is 0 Å². The Kier molecular flexibility index (Phi) is 4.27. The molecule has 0 atom stereocenters. The molecule has 0 aliphatic rings. The van der Waals surface area contributed by atoms with Crippen molar-refractivity contribution in [1.29, 1.82) is 0 Å². The average Bonchev–Trinajstić information content (AvgIpc) is 2.57. The topological polar surface area (TPSA) is 16.1 Å². The molecule has 0 spiro atoms. The van der Waals surface area contributed by atoms with Crippen LogP contribution < -0.4 is 4.90 Å². The van der Waals surface area contributed by atoms with Crippen LogP contribution in [-0.4, -0.2) is 4.98 Å². The molecule has 0 bridgehead atoms. The Morgan fingerprint density at radius 3 is 1.57 bits per heavy atom. The van der Waals surface area contributed by atoms with Gasteiger partial charge in [0, 0.05) is 31.2 Å². The van der Waals surface area contributed by atoms with E-state index in [0.717, 1.165) is 13.1 Å². The van der Waals surface area contributed by atoms with E-state index in [2.05, 4.69) is 82.7 Å². The molecule has 21 heavy (non-hydrogen) atoms. The Labute approximate surface area is 125 Å². The van der Waals surface area contributed by atoms with Gasteiger partial charge >= 0.3 is 0 Å². The molecule has 1 aromatic heterocycles. The summed E-state index contributed by atoms with van der Waals surface area (Å²) in [6.07, 6.45) is 3.69. The highest BCUT2D eigenvalue weighted by atomic mass is 15.1. The second-order valence-corrected chi connectivity index (χ2v) is 5.03. The molecule has 3 rings (SSSR count). The minimum Gasteiger partial charge on any atom is -0.363 e. The third-order valence-corrected chi connectivity index (χ3v) is 3.46. The van der Waals surface area contributed by atoms with Gasteiger partial charge in [0.2, 0.25) is 0 Å². The molecule has 0 saturated heterocycles. The summed E-state index contributed by atoms with van der Waals surface area (Å²) in [6, 6.07) is 25.2. The first-order chi connectivity index (χ1) is 10.4. The van der Waals surface area contributed by atoms with Gasteiger partial charge in [-0.1, -0.05) is 60.7 Å². The summed E-state index contributed by atoms with van der Waals surface area (Å²) in [5, 5.41) is 0. The summed E-state index contributed by atoms with van der Waals surface area (Å²) in [5.74, 6) is 0. The van der Waals surface area contributed by atoms with Crippen molar-refractivity contribution in [3.8, 4) is 0 Å². The maximum absolute atomic E-state index is 4.12. The zero-order valence-corrected chi connectivity index (χ0v) is 11.9. The van der Waals surface area contributed by atoms with Crippen LogP contribution in [0.2, 0.25) is 0 Å². The number of anilines is 1. The first-order valence-electron chi connectivity index (χ1n) is 7.14. The maximum Gasteiger partial charge on any atom is 0.0433 e. The van der Waals surface area contributed by atoms with Crippen LogP contribution in [0.3, 0.4) is 0 Å². The Hall–Kier alpha value is -2.61. The lowest BCUT2D eigenvalue weighted by Crippen LogP contribution is -2.22. The molecular weight excluding hydrogens is 256 g/mol. The summed E-state index contributed by atoms with van der Waals surface area (Å²) in [5.41, 5.74) is 3.81. The first-order valence-corrected chi connectivity index (χ1v) is 7.14. The monoisotopic (exact) mass is 274 g/mol. The molecule has 3 aromatic rings. The summed E-state index contributed by atoms with van der Waals surface area (Å²) in [6.45, 7) is 1.78. The van der Waals surface area contributed by atoms with E-state index in [4.69, 9.17) is 0 Å². The molecule has 2 heteroatoms. The fourth-order valence-electron chi connectivity index (χ4n) is 2.40. The first kappa shape index (κ1) is 13.4. The Bertz CT molecular complexity index is 609. The van der Waals surface area contributed by atoms with Gasteiger partial charge in [0.05, 0.1) is 0 Å². The molecule has 2 nitrogen and oxygen atoms in total. The van der Waals surface area contributed by atoms with Crippen LogP contribution in [-0.2, 0) is 13.1 Å². The van der Waals surface area contributed by atoms with Crippen LogP contribution in [0.15, 0.2) is 85.2 Å². The Morgan fingerprint density at radius 1 is 0.619 bits per heavy atom. The largest absolute Gasteiger partial charge is 0.363 e. The SMILES string of the molecule is c1ccc(CN(Cc2ccccc2)c2ccncc2)cc1. The minimum atomic E-state index is 0.889. The van der Waals surface area contributed by atoms with Gasteiger partial charge in [-0.3, -0.25) is 4.98 Å². The number of pyridine rings is 1. The third kappa shape index (κ3) is 3.69. The summed E-state index contributed by atoms with van der Waals surface area (Å²) in [4.78, 5) is 6.48. The molecule has 0 aliphatic heterocycles. The van der Waals surface area contributed by atoms with E-state index >= 15 is 0 Å². The fourth-order valence-corrected chi connectivity index (χ4v) is 2.40. The number of benzene rings is 2. The van der Waals surface area contributed by atoms with E-state index in [0.29, 0.717) is 0 Å². The molecule has 1 heterocycles. The van der Waals surface area contributed by atoms with Crippen molar-refractivity contribution in [3.05, 3.63) is 96.3 Å². The highest BCUT2D eigenvalue weighted by Gasteiger charge is 2.08. The standard InChI is InChI=1S/C19H18N2/c1-3-7-17(8-4-1)15-21(19-11-13-20-14-12-19)16-18-9-5-2-6-10-18/h1-14H,15-16H2. The highest BCUT2D eigenvalue weighted by molar-refractivity contribution is 5.46. The van der Waals surface area contributed by atoms with Crippen LogP contribution in [0.4, 0.5) is 5.69 Å². The number of hydrogen-bond donors (Lipinski definition) is 0. The highest BCUT2D eigenvalue weighted by Crippen LogP contribution is 2.19. The van der Waals surface area contributed by atoms with Crippen molar-refractivity contribution in [1.82, 2.24) is 4.98 Å². The Balaban J connectivity index is 1.84. The number of nitrogens with zero attached hydrogens (tertiary/aromatic N) is 2. The predicted molar refractivity (Wildman–Crippen MR) is 87.0 cm³/mol. The van der Waals surface area contributed by atoms with E-state index in [-0.39, 0.29) is 0 Å². The summed E-state index contributed by atoms with van der Waals surface area (Å²) >= 11 is 0. The Morgan fingerprint density at radius 2 is 1.10 bits per heavy atom. The van der Waals surface area contributed by atoms with Crippen molar-refractivity contribution in [2.75, 3.05) is 4.90 Å². The minimum absolute atomic E-state index is 0.889. The zero-order valence-electron chi connectivity index (χ0n) is 11.9. The second-order valence-electron chi connectivity index (χ2n) is 5.03. The quantitative estimate of drug-likeness (QED) is 0.690. The van der Waals surface area contributed by atoms with Crippen molar-refractivity contribution in [3.63, 3.8) is 0 Å². The van der Waals surface area contributed by atoms with Crippen molar-refractivity contribution in [2.45, 2.75) is 13.1 Å². The van der Waals surface area contributed by atoms with Gasteiger partial charge < -0.3 is 4.90 Å². The van der Waals surface area contributed by atoms with E-state index in [1.165, 1.54) is 16.8 Å². The van der Waals surface area contributed by atoms with E-state index in [1.807, 2.05) is 12.4 Å². The van der Waals surface area contributed by atoms with Crippen LogP contribution in [0, 0.1) is 0 Å². The van der Waals surface area contributed by atoms with Crippen LogP contribution >= 0.6 is 0 Å². The summed E-state index contributed by atoms with van der Waals surface area (Å²) < 4.78 is 0. The zero-order chi connectivity index (χ0) is 14.3. The maximum atomic E-state index is 4.12. The van der Waals surface area contributed by atoms with E-state index in [9.17, 15) is 0 Å². The molecule has 0 unspecified atom stereocenters. The lowest BCUT2D eigenvalue weighted by molar-refractivity contribution is 0.799. The number of rotatable bonds is 5. The van der Waals surface area contributed by atoms with Crippen molar-refractivity contribution >= 4 is 5.69 Å². The van der Waals surface area contributed by atoms with Gasteiger partial charge in [-0.05, 0) is 23.3 Å². The lowest BCUT2D eigenvalue weighted by Gasteiger charge is -2.25. The van der Waals surface area contributed by atoms with Gasteiger partial charge in [0.1, 0.15) is 0 Å². The van der Waals surface area contributed by atoms with E-state index < -0.39 is 0 Å². The molecule has 0 aliphatic carbocycles. The average molecular weight is 274 g/mol. The predicted octanol–water partition coefficient (Wildman–Crippen LogP) is 4.29. The fraction of sp³-hybridized carbons (Fsp3) is 0.105. The molecule has 0 N–H and O–H groups in total. The van der Waals surface area contributed by atoms with Crippen LogP contribution in [0.1, 0.15) is 11.1 Å². The van der Waals surface area contributed by atoms with E-state index in [1.54, 1.807) is 0 Å².